The van der Waals surface area contributed by atoms with Crippen LogP contribution in [0.1, 0.15) is 46.1 Å². The van der Waals surface area contributed by atoms with Crippen molar-refractivity contribution in [3.05, 3.63) is 12.3 Å². The average molecular weight is 294 g/mol. The van der Waals surface area contributed by atoms with Gasteiger partial charge in [0.2, 0.25) is 0 Å². The number of carbonyl (C=O) groups excluding carboxylic acids is 1. The highest BCUT2D eigenvalue weighted by Gasteiger charge is 2.32. The zero-order valence-electron chi connectivity index (χ0n) is 13.2. The lowest BCUT2D eigenvalue weighted by atomic mass is 9.83. The minimum Gasteiger partial charge on any atom is -0.396 e. The number of aromatic nitrogens is 2. The van der Waals surface area contributed by atoms with Crippen molar-refractivity contribution in [2.75, 3.05) is 25.0 Å². The van der Waals surface area contributed by atoms with E-state index in [0.717, 1.165) is 31.6 Å². The molecule has 2 atom stereocenters. The molecule has 2 N–H and O–H groups in total. The number of piperidine rings is 1. The van der Waals surface area contributed by atoms with E-state index in [4.69, 9.17) is 0 Å². The molecule has 0 aliphatic carbocycles. The van der Waals surface area contributed by atoms with Crippen molar-refractivity contribution in [3.63, 3.8) is 0 Å². The fraction of sp³-hybridized carbons (Fsp3) is 0.733. The van der Waals surface area contributed by atoms with Gasteiger partial charge in [-0.2, -0.15) is 5.10 Å². The second-order valence-electron chi connectivity index (χ2n) is 6.34. The van der Waals surface area contributed by atoms with E-state index >= 15 is 0 Å². The van der Waals surface area contributed by atoms with Gasteiger partial charge in [0.05, 0.1) is 18.8 Å². The van der Waals surface area contributed by atoms with Gasteiger partial charge in [-0.15, -0.1) is 0 Å². The Hall–Kier alpha value is -1.56. The van der Waals surface area contributed by atoms with Gasteiger partial charge in [-0.1, -0.05) is 13.8 Å². The van der Waals surface area contributed by atoms with Gasteiger partial charge in [0.25, 0.3) is 0 Å². The van der Waals surface area contributed by atoms with Crippen molar-refractivity contribution < 1.29 is 9.90 Å². The number of amides is 2. The molecule has 118 valence electrons. The number of hydrogen-bond donors (Lipinski definition) is 2. The Morgan fingerprint density at radius 1 is 1.62 bits per heavy atom. The Morgan fingerprint density at radius 2 is 2.38 bits per heavy atom. The zero-order valence-corrected chi connectivity index (χ0v) is 13.2. The molecule has 0 radical (unpaired) electrons. The van der Waals surface area contributed by atoms with Gasteiger partial charge in [0, 0.05) is 24.6 Å². The summed E-state index contributed by atoms with van der Waals surface area (Å²) in [5.41, 5.74) is -0.188. The largest absolute Gasteiger partial charge is 0.396 e. The molecule has 0 saturated carbocycles. The second kappa shape index (κ2) is 6.47. The first-order valence-corrected chi connectivity index (χ1v) is 7.69. The summed E-state index contributed by atoms with van der Waals surface area (Å²) < 4.78 is 1.84. The fourth-order valence-corrected chi connectivity index (χ4v) is 2.74. The van der Waals surface area contributed by atoms with E-state index in [1.807, 2.05) is 17.7 Å². The molecule has 1 aromatic rings. The highest BCUT2D eigenvalue weighted by molar-refractivity contribution is 5.88. The van der Waals surface area contributed by atoms with E-state index in [1.165, 1.54) is 0 Å². The van der Waals surface area contributed by atoms with Crippen molar-refractivity contribution in [2.45, 2.75) is 46.1 Å². The van der Waals surface area contributed by atoms with E-state index in [1.54, 1.807) is 11.1 Å². The smallest absolute Gasteiger partial charge is 0.323 e. The topological polar surface area (TPSA) is 70.4 Å². The van der Waals surface area contributed by atoms with E-state index in [0.29, 0.717) is 6.54 Å². The molecule has 6 heteroatoms. The van der Waals surface area contributed by atoms with Gasteiger partial charge in [0.1, 0.15) is 5.82 Å². The standard InChI is InChI=1S/C15H26N4O2/c1-4-12(2)19-13(6-8-16-19)17-14(21)18-9-5-7-15(3,10-18)11-20/h6,8,12,20H,4-5,7,9-11H2,1-3H3,(H,17,21). The quantitative estimate of drug-likeness (QED) is 0.896. The van der Waals surface area contributed by atoms with Crippen LogP contribution in [0.2, 0.25) is 0 Å². The number of nitrogens with one attached hydrogen (secondary N) is 1. The lowest BCUT2D eigenvalue weighted by molar-refractivity contribution is 0.0648. The molecule has 0 bridgehead atoms. The third kappa shape index (κ3) is 3.56. The number of aliphatic hydroxyl groups excluding tert-OH is 1. The summed E-state index contributed by atoms with van der Waals surface area (Å²) >= 11 is 0. The Bertz CT molecular complexity index is 488. The second-order valence-corrected chi connectivity index (χ2v) is 6.34. The SMILES string of the molecule is CCC(C)n1nccc1NC(=O)N1CCCC(C)(CO)C1. The average Bonchev–Trinajstić information content (AvgIpc) is 2.94. The molecule has 21 heavy (non-hydrogen) atoms. The molecule has 0 aromatic carbocycles. The summed E-state index contributed by atoms with van der Waals surface area (Å²) in [6, 6.07) is 1.96. The third-order valence-electron chi connectivity index (χ3n) is 4.36. The molecular formula is C15H26N4O2. The summed E-state index contributed by atoms with van der Waals surface area (Å²) in [7, 11) is 0. The Balaban J connectivity index is 2.03. The van der Waals surface area contributed by atoms with Crippen molar-refractivity contribution in [3.8, 4) is 0 Å². The molecule has 6 nitrogen and oxygen atoms in total. The molecular weight excluding hydrogens is 268 g/mol. The molecule has 1 fully saturated rings. The highest BCUT2D eigenvalue weighted by atomic mass is 16.3. The number of rotatable bonds is 4. The molecule has 1 aromatic heterocycles. The first-order valence-electron chi connectivity index (χ1n) is 7.69. The third-order valence-corrected chi connectivity index (χ3v) is 4.36. The summed E-state index contributed by atoms with van der Waals surface area (Å²) in [5.74, 6) is 0.727. The normalized spacial score (nSPS) is 23.9. The molecule has 1 aliphatic rings. The van der Waals surface area contributed by atoms with Crippen molar-refractivity contribution in [2.24, 2.45) is 5.41 Å². The van der Waals surface area contributed by atoms with Crippen LogP contribution in [-0.4, -0.2) is 45.5 Å². The molecule has 1 saturated heterocycles. The number of nitrogens with zero attached hydrogens (tertiary/aromatic N) is 3. The Labute approximate surface area is 126 Å². The summed E-state index contributed by atoms with van der Waals surface area (Å²) in [5, 5.41) is 16.7. The number of likely N-dealkylation sites (tertiary alicyclic amines) is 1. The number of anilines is 1. The predicted octanol–water partition coefficient (Wildman–Crippen LogP) is 2.48. The Morgan fingerprint density at radius 3 is 3.05 bits per heavy atom. The summed E-state index contributed by atoms with van der Waals surface area (Å²) in [4.78, 5) is 14.2. The number of hydrogen-bond acceptors (Lipinski definition) is 3. The zero-order chi connectivity index (χ0) is 15.5. The van der Waals surface area contributed by atoms with Crippen LogP contribution >= 0.6 is 0 Å². The lowest BCUT2D eigenvalue weighted by Gasteiger charge is -2.39. The summed E-state index contributed by atoms with van der Waals surface area (Å²) in [6.07, 6.45) is 4.54. The van der Waals surface area contributed by atoms with Gasteiger partial charge in [-0.25, -0.2) is 9.48 Å². The molecule has 2 amide bonds. The van der Waals surface area contributed by atoms with Crippen LogP contribution < -0.4 is 5.32 Å². The first-order chi connectivity index (χ1) is 9.99. The number of urea groups is 1. The van der Waals surface area contributed by atoms with Crippen molar-refractivity contribution in [1.29, 1.82) is 0 Å². The van der Waals surface area contributed by atoms with Gasteiger partial charge in [0.15, 0.2) is 0 Å². The first kappa shape index (κ1) is 15.8. The van der Waals surface area contributed by atoms with Crippen LogP contribution in [0.3, 0.4) is 0 Å². The van der Waals surface area contributed by atoms with E-state index in [9.17, 15) is 9.90 Å². The van der Waals surface area contributed by atoms with Gasteiger partial charge in [-0.3, -0.25) is 5.32 Å². The van der Waals surface area contributed by atoms with Crippen LogP contribution in [0.4, 0.5) is 10.6 Å². The predicted molar refractivity (Wildman–Crippen MR) is 82.2 cm³/mol. The van der Waals surface area contributed by atoms with Crippen LogP contribution in [0.15, 0.2) is 12.3 Å². The monoisotopic (exact) mass is 294 g/mol. The van der Waals surface area contributed by atoms with Gasteiger partial charge >= 0.3 is 6.03 Å². The molecule has 2 rings (SSSR count). The molecule has 2 unspecified atom stereocenters. The Kier molecular flexibility index (Phi) is 4.88. The fourth-order valence-electron chi connectivity index (χ4n) is 2.74. The lowest BCUT2D eigenvalue weighted by Crippen LogP contribution is -2.48. The number of carbonyl (C=O) groups is 1. The highest BCUT2D eigenvalue weighted by Crippen LogP contribution is 2.29. The van der Waals surface area contributed by atoms with Crippen molar-refractivity contribution >= 4 is 11.8 Å². The summed E-state index contributed by atoms with van der Waals surface area (Å²) in [6.45, 7) is 7.63. The van der Waals surface area contributed by atoms with E-state index in [2.05, 4.69) is 24.3 Å². The van der Waals surface area contributed by atoms with Gasteiger partial charge in [-0.05, 0) is 26.2 Å². The van der Waals surface area contributed by atoms with E-state index < -0.39 is 0 Å². The van der Waals surface area contributed by atoms with Crippen LogP contribution in [0.25, 0.3) is 0 Å². The minimum absolute atomic E-state index is 0.112. The van der Waals surface area contributed by atoms with Crippen LogP contribution in [0.5, 0.6) is 0 Å². The maximum atomic E-state index is 12.4. The van der Waals surface area contributed by atoms with Crippen LogP contribution in [-0.2, 0) is 0 Å². The van der Waals surface area contributed by atoms with Gasteiger partial charge < -0.3 is 10.0 Å². The molecule has 2 heterocycles. The maximum absolute atomic E-state index is 12.4. The molecule has 1 aliphatic heterocycles. The van der Waals surface area contributed by atoms with Crippen molar-refractivity contribution in [1.82, 2.24) is 14.7 Å². The van der Waals surface area contributed by atoms with E-state index in [-0.39, 0.29) is 24.1 Å². The maximum Gasteiger partial charge on any atom is 0.323 e. The van der Waals surface area contributed by atoms with Crippen LogP contribution in [0, 0.1) is 5.41 Å². The minimum atomic E-state index is -0.188. The number of aliphatic hydroxyl groups is 1. The molecule has 0 spiro atoms.